The molecule has 1 saturated carbocycles. The molecule has 0 aromatic heterocycles. The van der Waals surface area contributed by atoms with E-state index < -0.39 is 5.41 Å². The van der Waals surface area contributed by atoms with Crippen LogP contribution in [-0.2, 0) is 9.53 Å². The molecule has 0 spiro atoms. The van der Waals surface area contributed by atoms with Gasteiger partial charge in [-0.1, -0.05) is 6.92 Å². The molecule has 5 nitrogen and oxygen atoms in total. The van der Waals surface area contributed by atoms with Crippen LogP contribution in [0.2, 0.25) is 0 Å². The average molecular weight is 240 g/mol. The Balaban J connectivity index is 2.39. The normalized spacial score (nSPS) is 27.1. The summed E-state index contributed by atoms with van der Waals surface area (Å²) >= 11 is 0. The van der Waals surface area contributed by atoms with Crippen molar-refractivity contribution in [1.29, 1.82) is 5.26 Å². The number of carbonyl (C=O) groups excluding carboxylic acids is 1. The van der Waals surface area contributed by atoms with Crippen molar-refractivity contribution in [3.8, 4) is 6.07 Å². The molecule has 1 rings (SSSR count). The Hall–Kier alpha value is -1.12. The standard InChI is InChI=1S/C12H20N2O3/c1-10-7-12(8-10,9-13)11(16)14(2)3-5-17-6-4-15/h10,15H,3-8H2,1-2H3. The maximum absolute atomic E-state index is 12.1. The van der Waals surface area contributed by atoms with Crippen LogP contribution in [0.3, 0.4) is 0 Å². The highest BCUT2D eigenvalue weighted by molar-refractivity contribution is 5.86. The average Bonchev–Trinajstić information content (AvgIpc) is 2.29. The molecule has 1 amide bonds. The molecule has 0 atom stereocenters. The van der Waals surface area contributed by atoms with Crippen molar-refractivity contribution in [3.63, 3.8) is 0 Å². The van der Waals surface area contributed by atoms with Crippen LogP contribution in [0, 0.1) is 22.7 Å². The number of rotatable bonds is 6. The van der Waals surface area contributed by atoms with Gasteiger partial charge in [0.05, 0.1) is 25.9 Å². The predicted molar refractivity (Wildman–Crippen MR) is 62.0 cm³/mol. The minimum absolute atomic E-state index is 0.0166. The lowest BCUT2D eigenvalue weighted by Gasteiger charge is -2.41. The van der Waals surface area contributed by atoms with Crippen LogP contribution in [0.15, 0.2) is 0 Å². The Bertz CT molecular complexity index is 305. The van der Waals surface area contributed by atoms with Gasteiger partial charge in [0.2, 0.25) is 5.91 Å². The lowest BCUT2D eigenvalue weighted by molar-refractivity contribution is -0.144. The van der Waals surface area contributed by atoms with E-state index in [9.17, 15) is 4.79 Å². The molecule has 0 heterocycles. The van der Waals surface area contributed by atoms with E-state index in [1.807, 2.05) is 6.92 Å². The van der Waals surface area contributed by atoms with Gasteiger partial charge in [-0.05, 0) is 18.8 Å². The van der Waals surface area contributed by atoms with E-state index >= 15 is 0 Å². The number of aliphatic hydroxyl groups excluding tert-OH is 1. The van der Waals surface area contributed by atoms with E-state index in [2.05, 4.69) is 6.07 Å². The first-order valence-corrected chi connectivity index (χ1v) is 5.91. The zero-order valence-corrected chi connectivity index (χ0v) is 10.5. The van der Waals surface area contributed by atoms with Gasteiger partial charge >= 0.3 is 0 Å². The van der Waals surface area contributed by atoms with E-state index in [0.717, 1.165) is 0 Å². The molecule has 0 radical (unpaired) electrons. The van der Waals surface area contributed by atoms with Crippen molar-refractivity contribution in [2.75, 3.05) is 33.4 Å². The molecule has 0 aliphatic heterocycles. The largest absolute Gasteiger partial charge is 0.394 e. The molecule has 0 aromatic carbocycles. The summed E-state index contributed by atoms with van der Waals surface area (Å²) in [6.45, 7) is 3.16. The molecule has 0 aromatic rings. The Labute approximate surface area is 102 Å². The van der Waals surface area contributed by atoms with Crippen molar-refractivity contribution in [3.05, 3.63) is 0 Å². The fraction of sp³-hybridized carbons (Fsp3) is 0.833. The number of hydrogen-bond acceptors (Lipinski definition) is 4. The summed E-state index contributed by atoms with van der Waals surface area (Å²) in [7, 11) is 1.69. The van der Waals surface area contributed by atoms with Crippen molar-refractivity contribution in [1.82, 2.24) is 4.90 Å². The third-order valence-corrected chi connectivity index (χ3v) is 3.17. The number of nitriles is 1. The number of amides is 1. The highest BCUT2D eigenvalue weighted by Crippen LogP contribution is 2.45. The van der Waals surface area contributed by atoms with E-state index in [0.29, 0.717) is 31.9 Å². The van der Waals surface area contributed by atoms with E-state index in [1.54, 1.807) is 11.9 Å². The van der Waals surface area contributed by atoms with Crippen molar-refractivity contribution < 1.29 is 14.6 Å². The SMILES string of the molecule is CC1CC(C#N)(C(=O)N(C)CCOCCO)C1. The summed E-state index contributed by atoms with van der Waals surface area (Å²) < 4.78 is 5.10. The van der Waals surface area contributed by atoms with Gasteiger partial charge in [0.1, 0.15) is 5.41 Å². The molecule has 1 aliphatic rings. The molecule has 1 N–H and O–H groups in total. The molecule has 0 saturated heterocycles. The number of carbonyl (C=O) groups is 1. The summed E-state index contributed by atoms with van der Waals surface area (Å²) in [5.74, 6) is 0.350. The first-order chi connectivity index (χ1) is 8.05. The van der Waals surface area contributed by atoms with Crippen molar-refractivity contribution in [2.24, 2.45) is 11.3 Å². The Morgan fingerprint density at radius 3 is 2.71 bits per heavy atom. The molecular formula is C12H20N2O3. The number of likely N-dealkylation sites (N-methyl/N-ethyl adjacent to an activating group) is 1. The Morgan fingerprint density at radius 2 is 2.24 bits per heavy atom. The fourth-order valence-electron chi connectivity index (χ4n) is 2.28. The fourth-order valence-corrected chi connectivity index (χ4v) is 2.28. The van der Waals surface area contributed by atoms with Crippen LogP contribution >= 0.6 is 0 Å². The summed E-state index contributed by atoms with van der Waals surface area (Å²) in [6.07, 6.45) is 1.31. The number of hydrogen-bond donors (Lipinski definition) is 1. The number of ether oxygens (including phenoxy) is 1. The topological polar surface area (TPSA) is 73.6 Å². The van der Waals surface area contributed by atoms with Gasteiger partial charge in [-0.2, -0.15) is 5.26 Å². The number of nitrogens with zero attached hydrogens (tertiary/aromatic N) is 2. The van der Waals surface area contributed by atoms with E-state index in [1.165, 1.54) is 0 Å². The minimum atomic E-state index is -0.800. The minimum Gasteiger partial charge on any atom is -0.394 e. The van der Waals surface area contributed by atoms with Crippen LogP contribution in [0.25, 0.3) is 0 Å². The second-order valence-electron chi connectivity index (χ2n) is 4.77. The maximum atomic E-state index is 12.1. The zero-order chi connectivity index (χ0) is 12.9. The highest BCUT2D eigenvalue weighted by Gasteiger charge is 2.50. The monoisotopic (exact) mass is 240 g/mol. The predicted octanol–water partition coefficient (Wildman–Crippen LogP) is 0.394. The van der Waals surface area contributed by atoms with Crippen LogP contribution in [0.5, 0.6) is 0 Å². The van der Waals surface area contributed by atoms with E-state index in [4.69, 9.17) is 15.1 Å². The first-order valence-electron chi connectivity index (χ1n) is 5.91. The molecule has 0 unspecified atom stereocenters. The molecule has 1 aliphatic carbocycles. The third kappa shape index (κ3) is 3.18. The summed E-state index contributed by atoms with van der Waals surface area (Å²) in [6, 6.07) is 2.16. The van der Waals surface area contributed by atoms with Gasteiger partial charge in [0.25, 0.3) is 0 Å². The zero-order valence-electron chi connectivity index (χ0n) is 10.5. The number of aliphatic hydroxyl groups is 1. The summed E-state index contributed by atoms with van der Waals surface area (Å²) in [5.41, 5.74) is -0.800. The highest BCUT2D eigenvalue weighted by atomic mass is 16.5. The smallest absolute Gasteiger partial charge is 0.242 e. The lowest BCUT2D eigenvalue weighted by Crippen LogP contribution is -2.49. The third-order valence-electron chi connectivity index (χ3n) is 3.17. The summed E-state index contributed by atoms with van der Waals surface area (Å²) in [5, 5.41) is 17.7. The molecule has 17 heavy (non-hydrogen) atoms. The Morgan fingerprint density at radius 1 is 1.59 bits per heavy atom. The van der Waals surface area contributed by atoms with Crippen LogP contribution < -0.4 is 0 Å². The van der Waals surface area contributed by atoms with Gasteiger partial charge < -0.3 is 14.7 Å². The maximum Gasteiger partial charge on any atom is 0.242 e. The Kier molecular flexibility index (Phi) is 4.91. The van der Waals surface area contributed by atoms with Crippen LogP contribution in [0.1, 0.15) is 19.8 Å². The second kappa shape index (κ2) is 5.99. The van der Waals surface area contributed by atoms with Gasteiger partial charge in [-0.3, -0.25) is 4.79 Å². The van der Waals surface area contributed by atoms with Gasteiger partial charge in [0.15, 0.2) is 0 Å². The molecule has 1 fully saturated rings. The quantitative estimate of drug-likeness (QED) is 0.682. The van der Waals surface area contributed by atoms with Crippen LogP contribution in [-0.4, -0.2) is 49.3 Å². The van der Waals surface area contributed by atoms with Gasteiger partial charge in [0, 0.05) is 13.6 Å². The molecule has 96 valence electrons. The molecule has 0 bridgehead atoms. The van der Waals surface area contributed by atoms with Gasteiger partial charge in [-0.25, -0.2) is 0 Å². The summed E-state index contributed by atoms with van der Waals surface area (Å²) in [4.78, 5) is 13.6. The molecular weight excluding hydrogens is 220 g/mol. The first kappa shape index (κ1) is 13.9. The van der Waals surface area contributed by atoms with Crippen molar-refractivity contribution >= 4 is 5.91 Å². The van der Waals surface area contributed by atoms with E-state index in [-0.39, 0.29) is 19.1 Å². The molecule has 5 heteroatoms. The van der Waals surface area contributed by atoms with Gasteiger partial charge in [-0.15, -0.1) is 0 Å². The second-order valence-corrected chi connectivity index (χ2v) is 4.77. The van der Waals surface area contributed by atoms with Crippen molar-refractivity contribution in [2.45, 2.75) is 19.8 Å². The lowest BCUT2D eigenvalue weighted by atomic mass is 9.63. The van der Waals surface area contributed by atoms with Crippen LogP contribution in [0.4, 0.5) is 0 Å².